The number of anilines is 1. The summed E-state index contributed by atoms with van der Waals surface area (Å²) in [6, 6.07) is 15.8. The minimum atomic E-state index is -0.571. The van der Waals surface area contributed by atoms with Crippen LogP contribution >= 0.6 is 0 Å². The Morgan fingerprint density at radius 3 is 2.51 bits per heavy atom. The number of carbonyl (C=O) groups is 1. The average Bonchev–Trinajstić information content (AvgIpc) is 2.91. The number of H-pyrrole nitrogens is 1. The topological polar surface area (TPSA) is 106 Å². The Labute approximate surface area is 210 Å². The second-order valence-electron chi connectivity index (χ2n) is 8.17. The number of rotatable bonds is 6. The molecular weight excluding hydrogens is 475 g/mol. The molecule has 2 N–H and O–H groups in total. The molecular formula is C28H21FN4O4. The molecule has 2 aromatic carbocycles. The van der Waals surface area contributed by atoms with E-state index in [0.29, 0.717) is 45.4 Å². The van der Waals surface area contributed by atoms with Crippen LogP contribution < -0.4 is 20.2 Å². The first-order valence-corrected chi connectivity index (χ1v) is 11.3. The average molecular weight is 496 g/mol. The lowest BCUT2D eigenvalue weighted by Gasteiger charge is -2.11. The molecule has 1 amide bonds. The Hall–Kier alpha value is -5.05. The predicted molar refractivity (Wildman–Crippen MR) is 138 cm³/mol. The number of aromatic nitrogens is 3. The monoisotopic (exact) mass is 496 g/mol. The van der Waals surface area contributed by atoms with Crippen molar-refractivity contribution in [3.63, 3.8) is 0 Å². The molecule has 3 heterocycles. The van der Waals surface area contributed by atoms with Gasteiger partial charge in [-0.15, -0.1) is 0 Å². The fourth-order valence-corrected chi connectivity index (χ4v) is 3.89. The molecule has 37 heavy (non-hydrogen) atoms. The quantitative estimate of drug-likeness (QED) is 0.322. The molecule has 0 radical (unpaired) electrons. The molecule has 0 aliphatic carbocycles. The second kappa shape index (κ2) is 9.90. The minimum Gasteiger partial charge on any atom is -0.481 e. The van der Waals surface area contributed by atoms with Crippen LogP contribution in [0.4, 0.5) is 10.1 Å². The number of hydrogen-bond acceptors (Lipinski definition) is 6. The largest absolute Gasteiger partial charge is 0.481 e. The third kappa shape index (κ3) is 4.87. The van der Waals surface area contributed by atoms with Crippen LogP contribution in [-0.4, -0.2) is 28.0 Å². The lowest BCUT2D eigenvalue weighted by atomic mass is 10.0. The van der Waals surface area contributed by atoms with E-state index in [9.17, 15) is 14.0 Å². The maximum atomic E-state index is 13.3. The highest BCUT2D eigenvalue weighted by molar-refractivity contribution is 6.04. The summed E-state index contributed by atoms with van der Waals surface area (Å²) in [5.41, 5.74) is 2.04. The molecule has 8 nitrogen and oxygen atoms in total. The van der Waals surface area contributed by atoms with Crippen LogP contribution in [-0.2, 0) is 0 Å². The van der Waals surface area contributed by atoms with Crippen LogP contribution in [0.5, 0.6) is 17.4 Å². The van der Waals surface area contributed by atoms with Crippen molar-refractivity contribution in [2.24, 2.45) is 0 Å². The van der Waals surface area contributed by atoms with E-state index in [1.165, 1.54) is 37.6 Å². The number of benzene rings is 2. The van der Waals surface area contributed by atoms with Gasteiger partial charge in [0.2, 0.25) is 11.3 Å². The summed E-state index contributed by atoms with van der Waals surface area (Å²) >= 11 is 0. The summed E-state index contributed by atoms with van der Waals surface area (Å²) in [7, 11) is 1.53. The van der Waals surface area contributed by atoms with Gasteiger partial charge in [-0.05, 0) is 55.0 Å². The molecule has 0 bridgehead atoms. The van der Waals surface area contributed by atoms with Crippen molar-refractivity contribution in [1.29, 1.82) is 0 Å². The zero-order valence-electron chi connectivity index (χ0n) is 19.9. The molecule has 0 atom stereocenters. The summed E-state index contributed by atoms with van der Waals surface area (Å²) in [5.74, 6) is 0.568. The van der Waals surface area contributed by atoms with Gasteiger partial charge in [-0.3, -0.25) is 14.6 Å². The van der Waals surface area contributed by atoms with Crippen LogP contribution in [0.15, 0.2) is 84.0 Å². The van der Waals surface area contributed by atoms with Crippen molar-refractivity contribution >= 4 is 22.5 Å². The van der Waals surface area contributed by atoms with Crippen molar-refractivity contribution in [2.75, 3.05) is 12.4 Å². The summed E-state index contributed by atoms with van der Waals surface area (Å²) in [4.78, 5) is 37.4. The Balaban J connectivity index is 1.35. The minimum absolute atomic E-state index is 0.0592. The van der Waals surface area contributed by atoms with Crippen molar-refractivity contribution < 1.29 is 18.7 Å². The predicted octanol–water partition coefficient (Wildman–Crippen LogP) is 5.49. The first-order valence-electron chi connectivity index (χ1n) is 11.3. The Kier molecular flexibility index (Phi) is 6.34. The van der Waals surface area contributed by atoms with E-state index in [2.05, 4.69) is 20.3 Å². The van der Waals surface area contributed by atoms with E-state index < -0.39 is 17.2 Å². The number of carbonyl (C=O) groups excluding carboxylic acids is 1. The number of aromatic amines is 1. The normalized spacial score (nSPS) is 10.8. The second-order valence-corrected chi connectivity index (χ2v) is 8.17. The van der Waals surface area contributed by atoms with Gasteiger partial charge in [0.05, 0.1) is 18.8 Å². The van der Waals surface area contributed by atoms with Crippen molar-refractivity contribution in [3.05, 3.63) is 107 Å². The Morgan fingerprint density at radius 2 is 1.78 bits per heavy atom. The highest BCUT2D eigenvalue weighted by Gasteiger charge is 2.17. The molecule has 0 saturated heterocycles. The van der Waals surface area contributed by atoms with E-state index in [4.69, 9.17) is 9.47 Å². The van der Waals surface area contributed by atoms with Gasteiger partial charge in [0.25, 0.3) is 5.91 Å². The lowest BCUT2D eigenvalue weighted by molar-refractivity contribution is 0.102. The van der Waals surface area contributed by atoms with Crippen molar-refractivity contribution in [1.82, 2.24) is 15.0 Å². The Bertz CT molecular complexity index is 1670. The molecule has 5 aromatic rings. The van der Waals surface area contributed by atoms with Crippen LogP contribution in [0.1, 0.15) is 16.1 Å². The number of hydrogen-bond donors (Lipinski definition) is 2. The summed E-state index contributed by atoms with van der Waals surface area (Å²) in [6.07, 6.45) is 4.60. The Morgan fingerprint density at radius 1 is 1.03 bits per heavy atom. The number of fused-ring (bicyclic) bond motifs is 1. The number of pyridine rings is 3. The standard InChI is InChI=1S/C28H21FN4O4/c1-16-26(17-3-5-18(29)6-4-17)27(34)22(14-31-16)28(35)33-19-7-9-20(10-8-19)37-24-11-12-30-23-15-32-25(36-2)13-21(23)24/h3-15H,1-2H3,(H,31,34)(H,33,35). The van der Waals surface area contributed by atoms with E-state index in [0.717, 1.165) is 5.39 Å². The van der Waals surface area contributed by atoms with Crippen LogP contribution in [0.3, 0.4) is 0 Å². The van der Waals surface area contributed by atoms with Gasteiger partial charge in [0, 0.05) is 40.8 Å². The van der Waals surface area contributed by atoms with E-state index in [1.54, 1.807) is 55.7 Å². The molecule has 0 aliphatic rings. The number of ether oxygens (including phenoxy) is 2. The van der Waals surface area contributed by atoms with E-state index in [1.807, 2.05) is 0 Å². The number of nitrogens with zero attached hydrogens (tertiary/aromatic N) is 2. The van der Waals surface area contributed by atoms with Gasteiger partial charge >= 0.3 is 0 Å². The fraction of sp³-hybridized carbons (Fsp3) is 0.0714. The lowest BCUT2D eigenvalue weighted by Crippen LogP contribution is -2.23. The van der Waals surface area contributed by atoms with Crippen LogP contribution in [0.2, 0.25) is 0 Å². The molecule has 0 fully saturated rings. The molecule has 5 rings (SSSR count). The highest BCUT2D eigenvalue weighted by atomic mass is 19.1. The zero-order valence-corrected chi connectivity index (χ0v) is 19.9. The fourth-order valence-electron chi connectivity index (χ4n) is 3.89. The maximum Gasteiger partial charge on any atom is 0.261 e. The highest BCUT2D eigenvalue weighted by Crippen LogP contribution is 2.31. The summed E-state index contributed by atoms with van der Waals surface area (Å²) in [5, 5.41) is 3.47. The van der Waals surface area contributed by atoms with Crippen molar-refractivity contribution in [3.8, 4) is 28.5 Å². The van der Waals surface area contributed by atoms with Gasteiger partial charge in [0.15, 0.2) is 0 Å². The third-order valence-corrected chi connectivity index (χ3v) is 5.77. The molecule has 0 unspecified atom stereocenters. The number of nitrogens with one attached hydrogen (secondary N) is 2. The molecule has 0 aliphatic heterocycles. The van der Waals surface area contributed by atoms with Gasteiger partial charge < -0.3 is 19.8 Å². The number of methoxy groups -OCH3 is 1. The van der Waals surface area contributed by atoms with Gasteiger partial charge in [-0.25, -0.2) is 9.37 Å². The first kappa shape index (κ1) is 23.7. The third-order valence-electron chi connectivity index (χ3n) is 5.77. The number of amides is 1. The van der Waals surface area contributed by atoms with Gasteiger partial charge in [-0.2, -0.15) is 0 Å². The number of aryl methyl sites for hydroxylation is 1. The van der Waals surface area contributed by atoms with Gasteiger partial charge in [-0.1, -0.05) is 12.1 Å². The smallest absolute Gasteiger partial charge is 0.261 e. The molecule has 0 saturated carbocycles. The molecule has 184 valence electrons. The maximum absolute atomic E-state index is 13.3. The van der Waals surface area contributed by atoms with Gasteiger partial charge in [0.1, 0.15) is 22.9 Å². The molecule has 3 aromatic heterocycles. The van der Waals surface area contributed by atoms with Crippen LogP contribution in [0.25, 0.3) is 22.0 Å². The summed E-state index contributed by atoms with van der Waals surface area (Å²) < 4.78 is 24.6. The summed E-state index contributed by atoms with van der Waals surface area (Å²) in [6.45, 7) is 1.72. The first-order chi connectivity index (χ1) is 17.9. The molecule has 0 spiro atoms. The van der Waals surface area contributed by atoms with E-state index >= 15 is 0 Å². The SMILES string of the molecule is COc1cc2c(Oc3ccc(NC(=O)c4c[nH]c(C)c(-c5ccc(F)cc5)c4=O)cc3)ccnc2cn1. The van der Waals surface area contributed by atoms with Crippen LogP contribution in [0, 0.1) is 12.7 Å². The zero-order chi connectivity index (χ0) is 25.9. The molecule has 9 heteroatoms. The van der Waals surface area contributed by atoms with E-state index in [-0.39, 0.29) is 5.56 Å². The number of halogens is 1. The van der Waals surface area contributed by atoms with Crippen molar-refractivity contribution in [2.45, 2.75) is 6.92 Å².